The monoisotopic (exact) mass is 1170 g/mol. The van der Waals surface area contributed by atoms with Crippen LogP contribution in [0.4, 0.5) is 0 Å². The molecule has 0 radical (unpaired) electrons. The Morgan fingerprint density at radius 2 is 0.422 bits per heavy atom. The molecule has 0 aromatic heterocycles. The molecule has 0 fully saturated rings. The van der Waals surface area contributed by atoms with E-state index in [-0.39, 0.29) is 31.1 Å². The molecule has 0 aliphatic carbocycles. The van der Waals surface area contributed by atoms with Crippen LogP contribution in [0.1, 0.15) is 445 Å². The Morgan fingerprint density at radius 3 is 0.651 bits per heavy atom. The summed E-state index contributed by atoms with van der Waals surface area (Å²) in [7, 11) is 0. The molecule has 83 heavy (non-hydrogen) atoms. The van der Waals surface area contributed by atoms with Crippen molar-refractivity contribution >= 4 is 17.9 Å². The van der Waals surface area contributed by atoms with Gasteiger partial charge in [0.05, 0.1) is 0 Å². The minimum absolute atomic E-state index is 0.0658. The van der Waals surface area contributed by atoms with Crippen LogP contribution in [-0.4, -0.2) is 37.2 Å². The maximum Gasteiger partial charge on any atom is 0.306 e. The number of allylic oxidation sites excluding steroid dienone is 2. The smallest absolute Gasteiger partial charge is 0.306 e. The molecule has 492 valence electrons. The Kier molecular flexibility index (Phi) is 71.0. The first kappa shape index (κ1) is 81.2. The van der Waals surface area contributed by atoms with Gasteiger partial charge in [-0.25, -0.2) is 0 Å². The van der Waals surface area contributed by atoms with E-state index >= 15 is 0 Å². The van der Waals surface area contributed by atoms with Crippen LogP contribution in [0.5, 0.6) is 0 Å². The van der Waals surface area contributed by atoms with E-state index in [2.05, 4.69) is 32.9 Å². The molecule has 0 saturated heterocycles. The van der Waals surface area contributed by atoms with E-state index in [1.165, 1.54) is 334 Å². The molecule has 0 saturated carbocycles. The molecule has 0 rings (SSSR count). The van der Waals surface area contributed by atoms with Crippen LogP contribution in [0.3, 0.4) is 0 Å². The summed E-state index contributed by atoms with van der Waals surface area (Å²) in [5, 5.41) is 0. The minimum atomic E-state index is -0.770. The summed E-state index contributed by atoms with van der Waals surface area (Å²) in [5.41, 5.74) is 0. The summed E-state index contributed by atoms with van der Waals surface area (Å²) >= 11 is 0. The number of unbranched alkanes of at least 4 members (excludes halogenated alkanes) is 59. The average Bonchev–Trinajstić information content (AvgIpc) is 3.48. The lowest BCUT2D eigenvalue weighted by atomic mass is 10.0. The fourth-order valence-corrected chi connectivity index (χ4v) is 12.0. The van der Waals surface area contributed by atoms with Gasteiger partial charge < -0.3 is 14.2 Å². The standard InChI is InChI=1S/C77H148O6/c1-4-7-10-13-16-19-22-24-26-28-30-32-34-36-38-39-40-42-43-45-47-49-51-53-55-58-61-64-67-70-76(79)82-73-74(72-81-75(78)69-66-63-60-57-21-18-15-12-9-6-3)83-77(80)71-68-65-62-59-56-54-52-50-48-46-44-41-37-35-33-31-29-27-25-23-20-17-14-11-8-5-2/h12,15,74H,4-11,13-14,16-73H2,1-3H3/b15-12-. The first-order chi connectivity index (χ1) is 41.0. The van der Waals surface area contributed by atoms with Gasteiger partial charge in [-0.2, -0.15) is 0 Å². The highest BCUT2D eigenvalue weighted by Crippen LogP contribution is 2.20. The molecule has 0 aliphatic heterocycles. The number of carbonyl (C=O) groups is 3. The highest BCUT2D eigenvalue weighted by atomic mass is 16.6. The van der Waals surface area contributed by atoms with Crippen molar-refractivity contribution in [1.29, 1.82) is 0 Å². The molecule has 0 aromatic rings. The topological polar surface area (TPSA) is 78.9 Å². The Balaban J connectivity index is 4.06. The first-order valence-electron chi connectivity index (χ1n) is 38.2. The van der Waals surface area contributed by atoms with Crippen LogP contribution in [0, 0.1) is 0 Å². The second-order valence-electron chi connectivity index (χ2n) is 26.3. The van der Waals surface area contributed by atoms with Gasteiger partial charge in [0.25, 0.3) is 0 Å². The zero-order chi connectivity index (χ0) is 59.9. The van der Waals surface area contributed by atoms with Crippen molar-refractivity contribution in [2.45, 2.75) is 451 Å². The maximum atomic E-state index is 13.0. The molecule has 0 heterocycles. The third kappa shape index (κ3) is 70.8. The zero-order valence-electron chi connectivity index (χ0n) is 56.8. The molecule has 1 unspecified atom stereocenters. The minimum Gasteiger partial charge on any atom is -0.462 e. The Labute approximate surface area is 520 Å². The summed E-state index contributed by atoms with van der Waals surface area (Å²) in [6.07, 6.45) is 88.6. The van der Waals surface area contributed by atoms with Gasteiger partial charge >= 0.3 is 17.9 Å². The molecular weight excluding hydrogens is 1020 g/mol. The van der Waals surface area contributed by atoms with E-state index in [4.69, 9.17) is 14.2 Å². The van der Waals surface area contributed by atoms with Crippen molar-refractivity contribution in [3.8, 4) is 0 Å². The largest absolute Gasteiger partial charge is 0.462 e. The second-order valence-corrected chi connectivity index (χ2v) is 26.3. The SMILES string of the molecule is CCC/C=C\CCCCCCCC(=O)OCC(COC(=O)CCCCCCCCCCCCCCCCCCCCCCCCCCCCCCC)OC(=O)CCCCCCCCCCCCCCCCCCCCCCCCCCCC. The first-order valence-corrected chi connectivity index (χ1v) is 38.2. The van der Waals surface area contributed by atoms with E-state index in [0.29, 0.717) is 19.3 Å². The summed E-state index contributed by atoms with van der Waals surface area (Å²) in [6.45, 7) is 6.67. The van der Waals surface area contributed by atoms with Crippen molar-refractivity contribution in [1.82, 2.24) is 0 Å². The lowest BCUT2D eigenvalue weighted by Crippen LogP contribution is -2.30. The van der Waals surface area contributed by atoms with Crippen LogP contribution in [0.2, 0.25) is 0 Å². The third-order valence-electron chi connectivity index (χ3n) is 17.8. The van der Waals surface area contributed by atoms with Crippen molar-refractivity contribution in [3.63, 3.8) is 0 Å². The van der Waals surface area contributed by atoms with Crippen molar-refractivity contribution in [2.75, 3.05) is 13.2 Å². The molecule has 0 spiro atoms. The van der Waals surface area contributed by atoms with E-state index in [1.54, 1.807) is 0 Å². The van der Waals surface area contributed by atoms with Gasteiger partial charge in [-0.3, -0.25) is 14.4 Å². The molecule has 0 bridgehead atoms. The molecule has 0 aliphatic rings. The van der Waals surface area contributed by atoms with E-state index in [0.717, 1.165) is 70.6 Å². The Hall–Kier alpha value is -1.85. The Bertz CT molecular complexity index is 1300. The van der Waals surface area contributed by atoms with Crippen molar-refractivity contribution in [2.24, 2.45) is 0 Å². The van der Waals surface area contributed by atoms with Crippen LogP contribution in [0.15, 0.2) is 12.2 Å². The molecule has 0 amide bonds. The molecule has 0 aromatic carbocycles. The summed E-state index contributed by atoms with van der Waals surface area (Å²) in [6, 6.07) is 0. The number of rotatable bonds is 72. The van der Waals surface area contributed by atoms with Gasteiger partial charge in [0, 0.05) is 19.3 Å². The van der Waals surface area contributed by atoms with Crippen LogP contribution in [0.25, 0.3) is 0 Å². The van der Waals surface area contributed by atoms with Crippen LogP contribution < -0.4 is 0 Å². The molecule has 0 N–H and O–H groups in total. The summed E-state index contributed by atoms with van der Waals surface area (Å²) in [4.78, 5) is 38.4. The van der Waals surface area contributed by atoms with Crippen molar-refractivity contribution in [3.05, 3.63) is 12.2 Å². The zero-order valence-corrected chi connectivity index (χ0v) is 56.8. The van der Waals surface area contributed by atoms with Gasteiger partial charge in [0.1, 0.15) is 13.2 Å². The van der Waals surface area contributed by atoms with Gasteiger partial charge in [-0.05, 0) is 38.5 Å². The molecule has 6 nitrogen and oxygen atoms in total. The maximum absolute atomic E-state index is 13.0. The van der Waals surface area contributed by atoms with Crippen LogP contribution >= 0.6 is 0 Å². The average molecular weight is 1170 g/mol. The van der Waals surface area contributed by atoms with Gasteiger partial charge in [0.2, 0.25) is 0 Å². The molecular formula is C77H148O6. The van der Waals surface area contributed by atoms with E-state index in [9.17, 15) is 14.4 Å². The highest BCUT2D eigenvalue weighted by Gasteiger charge is 2.20. The highest BCUT2D eigenvalue weighted by molar-refractivity contribution is 5.71. The van der Waals surface area contributed by atoms with Crippen molar-refractivity contribution < 1.29 is 28.6 Å². The lowest BCUT2D eigenvalue weighted by molar-refractivity contribution is -0.167. The number of esters is 3. The van der Waals surface area contributed by atoms with E-state index in [1.807, 2.05) is 0 Å². The Morgan fingerprint density at radius 1 is 0.229 bits per heavy atom. The second kappa shape index (κ2) is 72.6. The number of carbonyl (C=O) groups excluding carboxylic acids is 3. The van der Waals surface area contributed by atoms with E-state index < -0.39 is 6.10 Å². The van der Waals surface area contributed by atoms with Gasteiger partial charge in [-0.1, -0.05) is 399 Å². The fraction of sp³-hybridized carbons (Fsp3) is 0.935. The number of hydrogen-bond donors (Lipinski definition) is 0. The molecule has 1 atom stereocenters. The molecule has 6 heteroatoms. The third-order valence-corrected chi connectivity index (χ3v) is 17.8. The predicted octanol–water partition coefficient (Wildman–Crippen LogP) is 26.3. The summed E-state index contributed by atoms with van der Waals surface area (Å²) < 4.78 is 17.0. The predicted molar refractivity (Wildman–Crippen MR) is 363 cm³/mol. The lowest BCUT2D eigenvalue weighted by Gasteiger charge is -2.18. The van der Waals surface area contributed by atoms with Gasteiger partial charge in [-0.15, -0.1) is 0 Å². The number of ether oxygens (including phenoxy) is 3. The quantitative estimate of drug-likeness (QED) is 0.0261. The fourth-order valence-electron chi connectivity index (χ4n) is 12.0. The normalized spacial score (nSPS) is 12.0. The summed E-state index contributed by atoms with van der Waals surface area (Å²) in [5.74, 6) is -0.841. The van der Waals surface area contributed by atoms with Gasteiger partial charge in [0.15, 0.2) is 6.10 Å². The van der Waals surface area contributed by atoms with Crippen LogP contribution in [-0.2, 0) is 28.6 Å². The number of hydrogen-bond acceptors (Lipinski definition) is 6.